The number of amides is 4. The van der Waals surface area contributed by atoms with Crippen molar-refractivity contribution in [1.82, 2.24) is 9.80 Å². The van der Waals surface area contributed by atoms with E-state index in [-0.39, 0.29) is 18.0 Å². The third-order valence-corrected chi connectivity index (χ3v) is 10.1. The molecule has 2 aliphatic rings. The molecule has 0 radical (unpaired) electrons. The third kappa shape index (κ3) is 36.7. The molecule has 0 aromatic heterocycles. The Morgan fingerprint density at radius 1 is 0.613 bits per heavy atom. The summed E-state index contributed by atoms with van der Waals surface area (Å²) in [6, 6.07) is 12.3. The van der Waals surface area contributed by atoms with E-state index in [1.807, 2.05) is 46.4 Å². The minimum absolute atomic E-state index is 0.307. The number of halogens is 6. The number of rotatable bonds is 15. The molecular formula is C53H90F6N12O8W. The number of ether oxygens (including phenoxy) is 2. The molecule has 0 bridgehead atoms. The van der Waals surface area contributed by atoms with Gasteiger partial charge in [-0.2, -0.15) is 0 Å². The molecule has 5 rings (SSSR count). The molecule has 0 aliphatic carbocycles. The standard InChI is InChI=1S/C17H25FN4O3.C16H25FN4O2.C7H8N2O.C5H11NO.C5H13N.CH2F2.2CH3F.O.W/c1-17(2,3)25-16(24)22-7-5-21(6-8-22)15-13(19-4)9-12(18)10-14(15)20-11-23;1-16(2,3)23-15(22)21-7-5-20(6-8-21)14-12(18)9-11(17)10-13(14)19-4;8-6-1-3-7(4-2-6)9-5-10;6-4-2-1-3-5-7;1-2-3-4-5-6;2-1-3;2*1-2;;/h9-11,19H,5-8H2,1-4H3,(H,20,23);9-10,19H,5-8,18H2,1-4H3;1-5H,8H2,(H,9,10);5H,1-4,6H2;2-6H2,1H3;1H2;2*1H3;;. The van der Waals surface area contributed by atoms with Gasteiger partial charge in [0, 0.05) is 84.2 Å². The second kappa shape index (κ2) is 48.5. The van der Waals surface area contributed by atoms with Crippen LogP contribution in [-0.4, -0.2) is 153 Å². The summed E-state index contributed by atoms with van der Waals surface area (Å²) in [5, 5.41) is 11.0. The van der Waals surface area contributed by atoms with E-state index in [0.29, 0.717) is 146 Å². The second-order valence-electron chi connectivity index (χ2n) is 18.3. The molecular weight excluding hydrogens is 1230 g/mol. The number of nitrogens with two attached hydrogens (primary N) is 4. The van der Waals surface area contributed by atoms with Crippen LogP contribution in [-0.2, 0) is 47.0 Å². The fourth-order valence-electron chi connectivity index (χ4n) is 6.76. The minimum atomic E-state index is -1.75. The van der Waals surface area contributed by atoms with Gasteiger partial charge in [0.15, 0.2) is 0 Å². The summed E-state index contributed by atoms with van der Waals surface area (Å²) in [5.74, 6) is -0.812. The number of aldehydes is 1. The van der Waals surface area contributed by atoms with Gasteiger partial charge < -0.3 is 78.1 Å². The van der Waals surface area contributed by atoms with Crippen molar-refractivity contribution in [2.45, 2.75) is 98.2 Å². The Balaban J connectivity index is -0.000000475. The van der Waals surface area contributed by atoms with Gasteiger partial charge in [0.05, 0.1) is 48.5 Å². The third-order valence-electron chi connectivity index (χ3n) is 10.1. The molecule has 2 aliphatic heterocycles. The Kier molecular flexibility index (Phi) is 48.5. The number of benzene rings is 3. The van der Waals surface area contributed by atoms with E-state index in [0.717, 1.165) is 37.0 Å². The van der Waals surface area contributed by atoms with Gasteiger partial charge in [-0.25, -0.2) is 27.2 Å². The van der Waals surface area contributed by atoms with E-state index in [9.17, 15) is 50.3 Å². The van der Waals surface area contributed by atoms with Crippen molar-refractivity contribution in [2.75, 3.05) is 143 Å². The monoisotopic (exact) mass is 1320 g/mol. The van der Waals surface area contributed by atoms with Crippen LogP contribution in [0.25, 0.3) is 0 Å². The van der Waals surface area contributed by atoms with Gasteiger partial charge in [-0.15, -0.1) is 0 Å². The molecule has 0 unspecified atom stereocenters. The number of nitrogen functional groups attached to an aromatic ring is 2. The number of hydrogen-bond donors (Lipinski definition) is 8. The van der Waals surface area contributed by atoms with Gasteiger partial charge in [-0.3, -0.25) is 18.4 Å². The number of anilines is 8. The summed E-state index contributed by atoms with van der Waals surface area (Å²) in [5.41, 5.74) is 25.6. The number of carbonyl (C=O) groups excluding carboxylic acids is 5. The van der Waals surface area contributed by atoms with Crippen molar-refractivity contribution in [3.05, 3.63) is 60.2 Å². The van der Waals surface area contributed by atoms with Crippen LogP contribution in [0.4, 0.5) is 81.4 Å². The zero-order chi connectivity index (χ0) is 62.3. The van der Waals surface area contributed by atoms with Crippen LogP contribution in [0.1, 0.15) is 87.0 Å². The second-order valence-corrected chi connectivity index (χ2v) is 18.3. The van der Waals surface area contributed by atoms with Crippen LogP contribution in [0.15, 0.2) is 48.5 Å². The molecule has 3 aromatic rings. The Morgan fingerprint density at radius 2 is 0.988 bits per heavy atom. The molecule has 0 saturated carbocycles. The molecule has 4 amide bonds. The van der Waals surface area contributed by atoms with Crippen LogP contribution in [0.2, 0.25) is 0 Å². The topological polar surface area (TPSA) is 286 Å². The number of nitrogens with one attached hydrogen (secondary N) is 4. The first-order chi connectivity index (χ1) is 38.0. The molecule has 27 heteroatoms. The Labute approximate surface area is 480 Å². The van der Waals surface area contributed by atoms with Crippen LogP contribution in [0, 0.1) is 11.6 Å². The molecule has 3 aromatic carbocycles. The number of unbranched alkanes of at least 4 members (excludes halogenated alkanes) is 4. The molecule has 2 heterocycles. The average Bonchev–Trinajstić information content (AvgIpc) is 3.42. The van der Waals surface area contributed by atoms with Gasteiger partial charge in [-0.05, 0) is 122 Å². The number of carbonyl (C=O) groups is 5. The van der Waals surface area contributed by atoms with Crippen LogP contribution < -0.4 is 54.0 Å². The van der Waals surface area contributed by atoms with Crippen molar-refractivity contribution in [3.63, 3.8) is 0 Å². The van der Waals surface area contributed by atoms with E-state index in [2.05, 4.69) is 33.1 Å². The van der Waals surface area contributed by atoms with E-state index in [1.165, 1.54) is 43.5 Å². The van der Waals surface area contributed by atoms with E-state index < -0.39 is 23.9 Å². The number of piperazine rings is 2. The summed E-state index contributed by atoms with van der Waals surface area (Å²) in [6.07, 6.45) is 7.76. The van der Waals surface area contributed by atoms with E-state index in [4.69, 9.17) is 35.8 Å². The van der Waals surface area contributed by atoms with Gasteiger partial charge in [0.2, 0.25) is 19.7 Å². The first kappa shape index (κ1) is 80.1. The quantitative estimate of drug-likeness (QED) is 0.0304. The molecule has 0 spiro atoms. The van der Waals surface area contributed by atoms with Crippen molar-refractivity contribution in [1.29, 1.82) is 0 Å². The van der Waals surface area contributed by atoms with Crippen LogP contribution >= 0.6 is 0 Å². The fourth-order valence-corrected chi connectivity index (χ4v) is 6.76. The molecule has 458 valence electrons. The molecule has 80 heavy (non-hydrogen) atoms. The van der Waals surface area contributed by atoms with E-state index >= 15 is 0 Å². The summed E-state index contributed by atoms with van der Waals surface area (Å²) < 4.78 is 84.6. The number of nitrogens with zero attached hydrogens (tertiary/aromatic N) is 4. The first-order valence-corrected chi connectivity index (χ1v) is 26.6. The van der Waals surface area contributed by atoms with Crippen molar-refractivity contribution < 1.29 is 83.0 Å². The van der Waals surface area contributed by atoms with Gasteiger partial charge in [-0.1, -0.05) is 19.8 Å². The van der Waals surface area contributed by atoms with Gasteiger partial charge >= 0.3 is 35.4 Å². The first-order valence-electron chi connectivity index (χ1n) is 25.4. The Hall–Kier alpha value is -6.40. The normalized spacial score (nSPS) is 12.1. The summed E-state index contributed by atoms with van der Waals surface area (Å²) in [7, 11) is 4.43. The van der Waals surface area contributed by atoms with Crippen LogP contribution in [0.5, 0.6) is 0 Å². The fraction of sp³-hybridized carbons (Fsp3) is 0.566. The van der Waals surface area contributed by atoms with Crippen molar-refractivity contribution in [3.8, 4) is 0 Å². The summed E-state index contributed by atoms with van der Waals surface area (Å²) in [4.78, 5) is 62.1. The molecule has 12 N–H and O–H groups in total. The number of alkyl halides is 4. The predicted molar refractivity (Wildman–Crippen MR) is 306 cm³/mol. The van der Waals surface area contributed by atoms with Crippen molar-refractivity contribution in [2.24, 2.45) is 11.5 Å². The van der Waals surface area contributed by atoms with Gasteiger partial charge in [0.1, 0.15) is 29.1 Å². The SMILES string of the molecule is CCCCCN.CF.CF.CNc1cc(F)cc(N)c1N1CCN(C(=O)OC(C)(C)C)CC1.CNc1cc(F)cc(NC=O)c1N1CCN(C(=O)OC(C)(C)C)CC1.FCF.NCCCCC=O.Nc1ccc(NC=O)cc1.[O]=[W]. The molecule has 0 atom stereocenters. The average molecular weight is 1320 g/mol. The Morgan fingerprint density at radius 3 is 1.34 bits per heavy atom. The van der Waals surface area contributed by atoms with Crippen molar-refractivity contribution >= 4 is 76.8 Å². The van der Waals surface area contributed by atoms with Gasteiger partial charge in [0.25, 0.3) is 0 Å². The van der Waals surface area contributed by atoms with Crippen LogP contribution in [0.3, 0.4) is 0 Å². The molecule has 2 saturated heterocycles. The maximum atomic E-state index is 13.7. The molecule has 20 nitrogen and oxygen atoms in total. The number of hydrogen-bond acceptors (Lipinski definition) is 16. The summed E-state index contributed by atoms with van der Waals surface area (Å²) >= 11 is 0.333. The zero-order valence-electron chi connectivity index (χ0n) is 48.4. The maximum absolute atomic E-state index is 13.7. The predicted octanol–water partition coefficient (Wildman–Crippen LogP) is 9.22. The molecule has 2 fully saturated rings. The summed E-state index contributed by atoms with van der Waals surface area (Å²) in [6.45, 7) is 17.4. The zero-order valence-corrected chi connectivity index (χ0v) is 51.3. The van der Waals surface area contributed by atoms with E-state index in [1.54, 1.807) is 48.2 Å². The Bertz CT molecular complexity index is 2100.